The molecule has 0 saturated heterocycles. The van der Waals surface area contributed by atoms with Gasteiger partial charge >= 0.3 is 0 Å². The maximum absolute atomic E-state index is 13.0. The van der Waals surface area contributed by atoms with Crippen LogP contribution in [-0.2, 0) is 10.8 Å². The van der Waals surface area contributed by atoms with E-state index in [1.807, 2.05) is 6.07 Å². The summed E-state index contributed by atoms with van der Waals surface area (Å²) in [6.45, 7) is 11.4. The molecule has 158 valence electrons. The topological polar surface area (TPSA) is 61.7 Å². The van der Waals surface area contributed by atoms with Gasteiger partial charge in [0.1, 0.15) is 11.4 Å². The van der Waals surface area contributed by atoms with Gasteiger partial charge in [-0.2, -0.15) is 5.10 Å². The minimum absolute atomic E-state index is 0.0324. The van der Waals surface area contributed by atoms with Crippen LogP contribution < -0.4 is 9.91 Å². The number of phenols is 1. The maximum Gasteiger partial charge on any atom is 0.271 e. The largest absolute Gasteiger partial charge is 0.507 e. The molecule has 0 aliphatic carbocycles. The molecule has 5 heteroatoms. The van der Waals surface area contributed by atoms with Crippen LogP contribution in [0.2, 0.25) is 0 Å². The van der Waals surface area contributed by atoms with E-state index in [1.165, 1.54) is 23.0 Å². The third-order valence-corrected chi connectivity index (χ3v) is 7.14. The van der Waals surface area contributed by atoms with Crippen LogP contribution in [0.25, 0.3) is 0 Å². The Labute approximate surface area is 179 Å². The van der Waals surface area contributed by atoms with E-state index in [9.17, 15) is 9.90 Å². The minimum Gasteiger partial charge on any atom is -0.507 e. The van der Waals surface area contributed by atoms with Crippen LogP contribution in [0, 0.1) is 0 Å². The molecule has 0 saturated carbocycles. The zero-order valence-electron chi connectivity index (χ0n) is 18.6. The van der Waals surface area contributed by atoms with Crippen LogP contribution in [0.3, 0.4) is 0 Å². The van der Waals surface area contributed by atoms with E-state index >= 15 is 0 Å². The lowest BCUT2D eigenvalue weighted by molar-refractivity contribution is 0.0954. The van der Waals surface area contributed by atoms with E-state index in [0.717, 1.165) is 30.4 Å². The molecule has 0 fully saturated rings. The highest BCUT2D eigenvalue weighted by molar-refractivity contribution is 5.96. The number of nitrogens with zero attached hydrogens (tertiary/aromatic N) is 2. The molecule has 2 N–H and O–H groups in total. The minimum atomic E-state index is -0.224. The first-order valence-corrected chi connectivity index (χ1v) is 10.7. The molecule has 0 bridgehead atoms. The zero-order chi connectivity index (χ0) is 21.7. The molecule has 2 aromatic rings. The number of hydrazone groups is 1. The van der Waals surface area contributed by atoms with Crippen molar-refractivity contribution in [1.29, 1.82) is 0 Å². The lowest BCUT2D eigenvalue weighted by atomic mass is 9.68. The summed E-state index contributed by atoms with van der Waals surface area (Å²) in [5, 5.41) is 13.9. The number of quaternary nitrogens is 1. The number of amides is 1. The van der Waals surface area contributed by atoms with Crippen LogP contribution in [0.5, 0.6) is 5.75 Å². The second-order valence-corrected chi connectivity index (χ2v) is 10.3. The van der Waals surface area contributed by atoms with Crippen molar-refractivity contribution in [3.05, 3.63) is 58.7 Å². The fraction of sp³-hybridized carbons (Fsp3) is 0.440. The normalized spacial score (nSPS) is 20.6. The molecular formula is C25H32N3O2+. The third kappa shape index (κ3) is 3.41. The fourth-order valence-corrected chi connectivity index (χ4v) is 4.86. The third-order valence-electron chi connectivity index (χ3n) is 7.14. The number of nitrogens with one attached hydrogen (secondary N) is 1. The predicted molar refractivity (Wildman–Crippen MR) is 122 cm³/mol. The first-order chi connectivity index (χ1) is 14.0. The van der Waals surface area contributed by atoms with E-state index in [1.54, 1.807) is 18.2 Å². The highest BCUT2D eigenvalue weighted by Gasteiger charge is 2.48. The molecule has 0 spiro atoms. The summed E-state index contributed by atoms with van der Waals surface area (Å²) < 4.78 is 0.963. The number of para-hydroxylation sites is 1. The van der Waals surface area contributed by atoms with Crippen LogP contribution in [0.15, 0.2) is 41.5 Å². The van der Waals surface area contributed by atoms with Crippen molar-refractivity contribution in [2.24, 2.45) is 5.10 Å². The van der Waals surface area contributed by atoms with Gasteiger partial charge in [-0.1, -0.05) is 39.8 Å². The van der Waals surface area contributed by atoms with Crippen molar-refractivity contribution in [2.75, 3.05) is 20.1 Å². The quantitative estimate of drug-likeness (QED) is 0.449. The van der Waals surface area contributed by atoms with Crippen molar-refractivity contribution >= 4 is 17.8 Å². The molecule has 30 heavy (non-hydrogen) atoms. The number of carbonyl (C=O) groups is 1. The molecule has 2 aliphatic heterocycles. The van der Waals surface area contributed by atoms with E-state index in [0.29, 0.717) is 11.1 Å². The second-order valence-electron chi connectivity index (χ2n) is 10.3. The molecule has 2 aliphatic rings. The van der Waals surface area contributed by atoms with Crippen molar-refractivity contribution < 1.29 is 9.90 Å². The van der Waals surface area contributed by atoms with Gasteiger partial charge in [0.15, 0.2) is 0 Å². The molecule has 2 heterocycles. The van der Waals surface area contributed by atoms with Gasteiger partial charge in [0.25, 0.3) is 5.91 Å². The fourth-order valence-electron chi connectivity index (χ4n) is 4.86. The number of hydrogen-bond donors (Lipinski definition) is 2. The summed E-state index contributed by atoms with van der Waals surface area (Å²) in [6, 6.07) is 11.0. The number of carbonyl (C=O) groups excluding carboxylic acids is 1. The second kappa shape index (κ2) is 6.95. The Hall–Kier alpha value is -2.66. The van der Waals surface area contributed by atoms with Gasteiger partial charge in [0.2, 0.25) is 0 Å². The van der Waals surface area contributed by atoms with Gasteiger partial charge in [0.05, 0.1) is 26.4 Å². The van der Waals surface area contributed by atoms with E-state index in [-0.39, 0.29) is 22.5 Å². The average Bonchev–Trinajstić information content (AvgIpc) is 2.70. The van der Waals surface area contributed by atoms with Crippen molar-refractivity contribution in [2.45, 2.75) is 51.4 Å². The maximum atomic E-state index is 13.0. The monoisotopic (exact) mass is 406 g/mol. The smallest absolute Gasteiger partial charge is 0.271 e. The van der Waals surface area contributed by atoms with Crippen LogP contribution in [0.1, 0.15) is 67.6 Å². The van der Waals surface area contributed by atoms with Crippen LogP contribution >= 0.6 is 0 Å². The number of aromatic hydroxyl groups is 1. The van der Waals surface area contributed by atoms with Gasteiger partial charge in [-0.25, -0.2) is 5.43 Å². The van der Waals surface area contributed by atoms with Gasteiger partial charge in [-0.15, -0.1) is 0 Å². The molecule has 2 aromatic carbocycles. The lowest BCUT2D eigenvalue weighted by Crippen LogP contribution is -2.57. The van der Waals surface area contributed by atoms with Gasteiger partial charge in [-0.3, -0.25) is 9.28 Å². The Morgan fingerprint density at radius 1 is 1.07 bits per heavy atom. The van der Waals surface area contributed by atoms with Crippen molar-refractivity contribution in [3.8, 4) is 5.75 Å². The number of benzene rings is 2. The Bertz CT molecular complexity index is 995. The Balaban J connectivity index is 1.72. The standard InChI is InChI=1S/C25H31N3O2/c1-24(2)10-12-28(5)13-11-25(3,4)20-15-18(14-19(24)22(20)28)23(30)27-26-16-17-8-6-7-9-21(17)29/h6-9,14-16H,10-13H2,1-5H3,(H-,26,27,29,30)/p+1. The van der Waals surface area contributed by atoms with Crippen molar-refractivity contribution in [1.82, 2.24) is 9.91 Å². The summed E-state index contributed by atoms with van der Waals surface area (Å²) in [6.07, 6.45) is 3.68. The number of rotatable bonds is 3. The van der Waals surface area contributed by atoms with Gasteiger partial charge in [-0.05, 0) is 24.3 Å². The Morgan fingerprint density at radius 2 is 1.63 bits per heavy atom. The average molecular weight is 407 g/mol. The summed E-state index contributed by atoms with van der Waals surface area (Å²) in [5.41, 5.74) is 7.91. The van der Waals surface area contributed by atoms with E-state index < -0.39 is 0 Å². The molecule has 4 rings (SSSR count). The number of phenolic OH excluding ortho intramolecular Hbond substituents is 1. The first-order valence-electron chi connectivity index (χ1n) is 10.7. The van der Waals surface area contributed by atoms with Crippen LogP contribution in [-0.4, -0.2) is 37.4 Å². The molecule has 0 unspecified atom stereocenters. The van der Waals surface area contributed by atoms with E-state index in [2.05, 4.69) is 57.4 Å². The van der Waals surface area contributed by atoms with Gasteiger partial charge < -0.3 is 5.11 Å². The molecule has 0 radical (unpaired) electrons. The Kier molecular flexibility index (Phi) is 4.77. The highest BCUT2D eigenvalue weighted by atomic mass is 16.3. The molecular weight excluding hydrogens is 374 g/mol. The highest BCUT2D eigenvalue weighted by Crippen LogP contribution is 2.52. The molecule has 0 atom stereocenters. The number of hydrogen-bond acceptors (Lipinski definition) is 3. The van der Waals surface area contributed by atoms with Crippen molar-refractivity contribution in [3.63, 3.8) is 0 Å². The summed E-state index contributed by atoms with van der Waals surface area (Å²) in [5.74, 6) is -0.0908. The first kappa shape index (κ1) is 20.6. The molecule has 1 amide bonds. The Morgan fingerprint density at radius 3 is 2.20 bits per heavy atom. The molecule has 5 nitrogen and oxygen atoms in total. The zero-order valence-corrected chi connectivity index (χ0v) is 18.6. The summed E-state index contributed by atoms with van der Waals surface area (Å²) >= 11 is 0. The summed E-state index contributed by atoms with van der Waals surface area (Å²) in [7, 11) is 2.34. The molecule has 0 aromatic heterocycles. The van der Waals surface area contributed by atoms with E-state index in [4.69, 9.17) is 0 Å². The SMILES string of the molecule is CC1(C)CC[N+]2(C)CCC(C)(C)c3cc(C(=O)N/N=C/c4ccccc4O)cc1c32. The van der Waals surface area contributed by atoms with Gasteiger partial charge in [0, 0.05) is 45.9 Å². The predicted octanol–water partition coefficient (Wildman–Crippen LogP) is 4.46. The summed E-state index contributed by atoms with van der Waals surface area (Å²) in [4.78, 5) is 13.0. The lowest BCUT2D eigenvalue weighted by Gasteiger charge is -2.51. The van der Waals surface area contributed by atoms with Crippen LogP contribution in [0.4, 0.5) is 5.69 Å².